The van der Waals surface area contributed by atoms with Crippen LogP contribution in [0.25, 0.3) is 0 Å². The molecule has 0 aliphatic carbocycles. The minimum absolute atomic E-state index is 0.0985. The highest BCUT2D eigenvalue weighted by atomic mass is 16.2. The fourth-order valence-corrected chi connectivity index (χ4v) is 3.30. The molecule has 2 aromatic carbocycles. The minimum Gasteiger partial charge on any atom is -0.299 e. The van der Waals surface area contributed by atoms with E-state index < -0.39 is 0 Å². The molecule has 23 heavy (non-hydrogen) atoms. The van der Waals surface area contributed by atoms with Crippen LogP contribution in [0.2, 0.25) is 0 Å². The lowest BCUT2D eigenvalue weighted by Crippen LogP contribution is -2.44. The minimum atomic E-state index is 0.0985. The second-order valence-corrected chi connectivity index (χ2v) is 6.23. The molecule has 120 valence electrons. The molecule has 1 saturated heterocycles. The number of amides is 1. The van der Waals surface area contributed by atoms with Gasteiger partial charge in [-0.05, 0) is 36.5 Å². The van der Waals surface area contributed by atoms with E-state index in [1.165, 1.54) is 5.56 Å². The van der Waals surface area contributed by atoms with Crippen LogP contribution in [-0.4, -0.2) is 30.6 Å². The van der Waals surface area contributed by atoms with E-state index in [0.717, 1.165) is 31.6 Å². The van der Waals surface area contributed by atoms with Crippen LogP contribution in [-0.2, 0) is 4.79 Å². The fraction of sp³-hybridized carbons (Fsp3) is 0.350. The lowest BCUT2D eigenvalue weighted by atomic mass is 9.90. The highest BCUT2D eigenvalue weighted by Gasteiger charge is 2.23. The average Bonchev–Trinajstić information content (AvgIpc) is 2.61. The summed E-state index contributed by atoms with van der Waals surface area (Å²) in [7, 11) is 0. The summed E-state index contributed by atoms with van der Waals surface area (Å²) in [5.41, 5.74) is 2.42. The Bertz CT molecular complexity index is 619. The normalized spacial score (nSPS) is 16.2. The van der Waals surface area contributed by atoms with E-state index in [1.807, 2.05) is 35.2 Å². The molecule has 1 aliphatic rings. The molecule has 3 rings (SSSR count). The summed E-state index contributed by atoms with van der Waals surface area (Å²) >= 11 is 0. The Balaban J connectivity index is 1.60. The number of rotatable bonds is 4. The molecular weight excluding hydrogens is 284 g/mol. The first-order chi connectivity index (χ1) is 11.2. The molecule has 1 fully saturated rings. The van der Waals surface area contributed by atoms with Gasteiger partial charge in [0, 0.05) is 25.7 Å². The van der Waals surface area contributed by atoms with Crippen LogP contribution in [0.3, 0.4) is 0 Å². The third-order valence-corrected chi connectivity index (χ3v) is 4.65. The Labute approximate surface area is 138 Å². The predicted octanol–water partition coefficient (Wildman–Crippen LogP) is 3.88. The summed E-state index contributed by atoms with van der Waals surface area (Å²) < 4.78 is 0. The molecular formula is C20H24N2O. The van der Waals surface area contributed by atoms with Crippen molar-refractivity contribution in [2.45, 2.75) is 25.7 Å². The van der Waals surface area contributed by atoms with Crippen LogP contribution in [0.15, 0.2) is 60.7 Å². The molecule has 0 saturated carbocycles. The highest BCUT2D eigenvalue weighted by molar-refractivity contribution is 5.91. The summed E-state index contributed by atoms with van der Waals surface area (Å²) in [6.45, 7) is 4.40. The maximum atomic E-state index is 12.0. The van der Waals surface area contributed by atoms with Crippen LogP contribution in [0, 0.1) is 0 Å². The van der Waals surface area contributed by atoms with Crippen molar-refractivity contribution in [3.05, 3.63) is 66.2 Å². The smallest absolute Gasteiger partial charge is 0.224 e. The molecule has 0 unspecified atom stereocenters. The molecule has 0 N–H and O–H groups in total. The van der Waals surface area contributed by atoms with E-state index in [1.54, 1.807) is 6.92 Å². The predicted molar refractivity (Wildman–Crippen MR) is 94.5 cm³/mol. The zero-order chi connectivity index (χ0) is 16.1. The van der Waals surface area contributed by atoms with Gasteiger partial charge in [-0.2, -0.15) is 0 Å². The maximum Gasteiger partial charge on any atom is 0.224 e. The summed E-state index contributed by atoms with van der Waals surface area (Å²) in [6.07, 6.45) is 2.31. The van der Waals surface area contributed by atoms with Gasteiger partial charge in [0.25, 0.3) is 0 Å². The summed E-state index contributed by atoms with van der Waals surface area (Å²) in [5, 5.41) is 0. The second kappa shape index (κ2) is 7.42. The van der Waals surface area contributed by atoms with Gasteiger partial charge in [0.2, 0.25) is 5.91 Å². The average molecular weight is 308 g/mol. The van der Waals surface area contributed by atoms with Gasteiger partial charge in [0.05, 0.1) is 6.67 Å². The van der Waals surface area contributed by atoms with Crippen molar-refractivity contribution in [3.8, 4) is 0 Å². The van der Waals surface area contributed by atoms with E-state index in [0.29, 0.717) is 12.6 Å². The second-order valence-electron chi connectivity index (χ2n) is 6.23. The van der Waals surface area contributed by atoms with Gasteiger partial charge in [-0.25, -0.2) is 0 Å². The van der Waals surface area contributed by atoms with E-state index in [-0.39, 0.29) is 5.91 Å². The first kappa shape index (κ1) is 15.8. The quantitative estimate of drug-likeness (QED) is 0.856. The zero-order valence-electron chi connectivity index (χ0n) is 13.7. The molecule has 0 radical (unpaired) electrons. The first-order valence-electron chi connectivity index (χ1n) is 8.34. The number of carbonyl (C=O) groups excluding carboxylic acids is 1. The van der Waals surface area contributed by atoms with Gasteiger partial charge < -0.3 is 0 Å². The molecule has 0 atom stereocenters. The number of hydrogen-bond donors (Lipinski definition) is 0. The van der Waals surface area contributed by atoms with Gasteiger partial charge in [-0.15, -0.1) is 0 Å². The molecule has 3 heteroatoms. The number of piperidine rings is 1. The number of benzene rings is 2. The molecule has 2 aromatic rings. The lowest BCUT2D eigenvalue weighted by molar-refractivity contribution is -0.117. The van der Waals surface area contributed by atoms with Crippen LogP contribution in [0.5, 0.6) is 0 Å². The van der Waals surface area contributed by atoms with Crippen LogP contribution in [0.4, 0.5) is 5.69 Å². The SMILES string of the molecule is CC(=O)N(CN1CCC(c2ccccc2)CC1)c1ccccc1. The maximum absolute atomic E-state index is 12.0. The van der Waals surface area contributed by atoms with E-state index in [4.69, 9.17) is 0 Å². The fourth-order valence-electron chi connectivity index (χ4n) is 3.30. The number of para-hydroxylation sites is 1. The summed E-state index contributed by atoms with van der Waals surface area (Å²) in [5.74, 6) is 0.747. The standard InChI is InChI=1S/C20H24N2O/c1-17(23)22(20-10-6-3-7-11-20)16-21-14-12-19(13-15-21)18-8-4-2-5-9-18/h2-11,19H,12-16H2,1H3. The van der Waals surface area contributed by atoms with Crippen molar-refractivity contribution in [2.75, 3.05) is 24.7 Å². The number of anilines is 1. The van der Waals surface area contributed by atoms with Crippen molar-refractivity contribution in [3.63, 3.8) is 0 Å². The van der Waals surface area contributed by atoms with E-state index in [9.17, 15) is 4.79 Å². The van der Waals surface area contributed by atoms with Crippen molar-refractivity contribution in [1.29, 1.82) is 0 Å². The van der Waals surface area contributed by atoms with Gasteiger partial charge >= 0.3 is 0 Å². The highest BCUT2D eigenvalue weighted by Crippen LogP contribution is 2.28. The van der Waals surface area contributed by atoms with Gasteiger partial charge in [0.15, 0.2) is 0 Å². The third-order valence-electron chi connectivity index (χ3n) is 4.65. The Morgan fingerprint density at radius 3 is 2.13 bits per heavy atom. The van der Waals surface area contributed by atoms with Crippen molar-refractivity contribution in [2.24, 2.45) is 0 Å². The Kier molecular flexibility index (Phi) is 5.09. The third kappa shape index (κ3) is 3.99. The summed E-state index contributed by atoms with van der Waals surface area (Å²) in [4.78, 5) is 16.2. The summed E-state index contributed by atoms with van der Waals surface area (Å²) in [6, 6.07) is 20.7. The number of hydrogen-bond acceptors (Lipinski definition) is 2. The number of carbonyl (C=O) groups is 1. The van der Waals surface area contributed by atoms with Crippen molar-refractivity contribution in [1.82, 2.24) is 4.90 Å². The topological polar surface area (TPSA) is 23.6 Å². The molecule has 0 spiro atoms. The van der Waals surface area contributed by atoms with Crippen molar-refractivity contribution < 1.29 is 4.79 Å². The largest absolute Gasteiger partial charge is 0.299 e. The molecule has 1 aliphatic heterocycles. The van der Waals surface area contributed by atoms with Crippen LogP contribution >= 0.6 is 0 Å². The monoisotopic (exact) mass is 308 g/mol. The zero-order valence-corrected chi connectivity index (χ0v) is 13.7. The van der Waals surface area contributed by atoms with Gasteiger partial charge in [0.1, 0.15) is 0 Å². The van der Waals surface area contributed by atoms with Crippen LogP contribution < -0.4 is 4.90 Å². The first-order valence-corrected chi connectivity index (χ1v) is 8.34. The lowest BCUT2D eigenvalue weighted by Gasteiger charge is -2.35. The molecule has 1 heterocycles. The van der Waals surface area contributed by atoms with Gasteiger partial charge in [-0.1, -0.05) is 48.5 Å². The molecule has 0 aromatic heterocycles. The van der Waals surface area contributed by atoms with Gasteiger partial charge in [-0.3, -0.25) is 14.6 Å². The van der Waals surface area contributed by atoms with Crippen LogP contribution in [0.1, 0.15) is 31.2 Å². The number of likely N-dealkylation sites (tertiary alicyclic amines) is 1. The van der Waals surface area contributed by atoms with E-state index >= 15 is 0 Å². The Hall–Kier alpha value is -2.13. The molecule has 0 bridgehead atoms. The number of nitrogens with zero attached hydrogens (tertiary/aromatic N) is 2. The Morgan fingerprint density at radius 2 is 1.57 bits per heavy atom. The Morgan fingerprint density at radius 1 is 1.00 bits per heavy atom. The molecule has 1 amide bonds. The van der Waals surface area contributed by atoms with E-state index in [2.05, 4.69) is 35.2 Å². The molecule has 3 nitrogen and oxygen atoms in total. The van der Waals surface area contributed by atoms with Crippen molar-refractivity contribution >= 4 is 11.6 Å².